The Morgan fingerprint density at radius 1 is 0.971 bits per heavy atom. The summed E-state index contributed by atoms with van der Waals surface area (Å²) >= 11 is 0. The number of hydrogen-bond donors (Lipinski definition) is 2. The van der Waals surface area contributed by atoms with Crippen molar-refractivity contribution in [1.29, 1.82) is 0 Å². The second-order valence-corrected chi connectivity index (χ2v) is 8.32. The summed E-state index contributed by atoms with van der Waals surface area (Å²) in [5.41, 5.74) is 11.5. The van der Waals surface area contributed by atoms with Crippen LogP contribution in [0.1, 0.15) is 45.4 Å². The largest absolute Gasteiger partial charge is 0.478 e. The van der Waals surface area contributed by atoms with Crippen molar-refractivity contribution in [3.63, 3.8) is 0 Å². The summed E-state index contributed by atoms with van der Waals surface area (Å²) in [7, 11) is 0. The lowest BCUT2D eigenvalue weighted by atomic mass is 9.89. The molecule has 1 aliphatic rings. The third-order valence-electron chi connectivity index (χ3n) is 6.00. The molecule has 0 radical (unpaired) electrons. The number of amides is 1. The van der Waals surface area contributed by atoms with Crippen LogP contribution in [0.3, 0.4) is 0 Å². The van der Waals surface area contributed by atoms with Gasteiger partial charge in [0, 0.05) is 11.1 Å². The molecule has 3 aromatic carbocycles. The molecule has 0 bridgehead atoms. The first-order valence-corrected chi connectivity index (χ1v) is 10.9. The summed E-state index contributed by atoms with van der Waals surface area (Å²) in [5.74, 6) is -1.48. The molecule has 4 aromatic rings. The number of rotatable bonds is 5. The molecule has 5 rings (SSSR count). The molecule has 2 heterocycles. The summed E-state index contributed by atoms with van der Waals surface area (Å²) in [6, 6.07) is 17.6. The average molecular weight is 469 g/mol. The number of halogens is 1. The zero-order valence-electron chi connectivity index (χ0n) is 18.7. The van der Waals surface area contributed by atoms with Gasteiger partial charge in [-0.15, -0.1) is 0 Å². The zero-order chi connectivity index (χ0) is 24.7. The lowest BCUT2D eigenvalue weighted by molar-refractivity contribution is -0.118. The fraction of sp³-hybridized carbons (Fsp3) is 0.111. The molecule has 1 atom stereocenters. The molecule has 1 aromatic heterocycles. The van der Waals surface area contributed by atoms with Gasteiger partial charge in [-0.25, -0.2) is 9.18 Å². The number of carbonyl (C=O) groups excluding carboxylic acids is 1. The van der Waals surface area contributed by atoms with Crippen molar-refractivity contribution in [3.8, 4) is 22.3 Å². The number of benzene rings is 3. The van der Waals surface area contributed by atoms with E-state index in [4.69, 9.17) is 15.2 Å². The maximum Gasteiger partial charge on any atom is 0.335 e. The third kappa shape index (κ3) is 4.10. The van der Waals surface area contributed by atoms with Gasteiger partial charge in [0.25, 0.3) is 0 Å². The van der Waals surface area contributed by atoms with Crippen LogP contribution < -0.4 is 5.73 Å². The average Bonchev–Trinajstić information content (AvgIpc) is 3.16. The number of aromatic nitrogens is 1. The molecular formula is C27H20FN3O4. The van der Waals surface area contributed by atoms with E-state index in [9.17, 15) is 19.1 Å². The number of nitrogens with zero attached hydrogens (tertiary/aromatic N) is 2. The molecule has 0 aliphatic carbocycles. The van der Waals surface area contributed by atoms with Crippen LogP contribution in [0.15, 0.2) is 76.2 Å². The first kappa shape index (κ1) is 22.2. The number of aromatic carboxylic acids is 1. The Kier molecular flexibility index (Phi) is 5.49. The second-order valence-electron chi connectivity index (χ2n) is 8.32. The Bertz CT molecular complexity index is 1490. The van der Waals surface area contributed by atoms with E-state index in [0.717, 1.165) is 27.8 Å². The SMILES string of the molecule is Cc1noc2c1-c1ccc(-c3ccc(C(=O)O)cc3)cc1C(c1ccc(F)cc1)=N[C@H]2CC(N)=O. The number of carboxylic acids is 1. The molecule has 0 saturated carbocycles. The summed E-state index contributed by atoms with van der Waals surface area (Å²) < 4.78 is 19.3. The summed E-state index contributed by atoms with van der Waals surface area (Å²) in [6.07, 6.45) is -0.0795. The van der Waals surface area contributed by atoms with Crippen LogP contribution in [0.25, 0.3) is 22.3 Å². The molecular weight excluding hydrogens is 449 g/mol. The molecule has 174 valence electrons. The van der Waals surface area contributed by atoms with Gasteiger partial charge in [-0.2, -0.15) is 0 Å². The molecule has 3 N–H and O–H groups in total. The lowest BCUT2D eigenvalue weighted by Gasteiger charge is -2.14. The molecule has 0 fully saturated rings. The maximum absolute atomic E-state index is 13.7. The number of hydrogen-bond acceptors (Lipinski definition) is 5. The summed E-state index contributed by atoms with van der Waals surface area (Å²) in [6.45, 7) is 1.81. The van der Waals surface area contributed by atoms with Gasteiger partial charge in [-0.3, -0.25) is 9.79 Å². The Labute approximate surface area is 199 Å². The van der Waals surface area contributed by atoms with Crippen LogP contribution in [-0.4, -0.2) is 27.9 Å². The highest BCUT2D eigenvalue weighted by Crippen LogP contribution is 2.42. The normalized spacial score (nSPS) is 14.5. The topological polar surface area (TPSA) is 119 Å². The molecule has 0 saturated heterocycles. The number of fused-ring (bicyclic) bond motifs is 3. The number of aliphatic imine (C=N–C) groups is 1. The van der Waals surface area contributed by atoms with E-state index in [1.54, 1.807) is 36.4 Å². The van der Waals surface area contributed by atoms with Gasteiger partial charge in [0.05, 0.1) is 29.0 Å². The Morgan fingerprint density at radius 2 is 1.63 bits per heavy atom. The number of aryl methyl sites for hydroxylation is 1. The zero-order valence-corrected chi connectivity index (χ0v) is 18.7. The fourth-order valence-corrected chi connectivity index (χ4v) is 4.34. The first-order chi connectivity index (χ1) is 16.8. The van der Waals surface area contributed by atoms with E-state index in [2.05, 4.69) is 5.16 Å². The van der Waals surface area contributed by atoms with E-state index in [0.29, 0.717) is 22.7 Å². The number of carboxylic acid groups (broad SMARTS) is 1. The smallest absolute Gasteiger partial charge is 0.335 e. The predicted molar refractivity (Wildman–Crippen MR) is 128 cm³/mol. The van der Waals surface area contributed by atoms with E-state index >= 15 is 0 Å². The van der Waals surface area contributed by atoms with Crippen molar-refractivity contribution in [2.24, 2.45) is 10.7 Å². The molecule has 0 unspecified atom stereocenters. The Hall–Kier alpha value is -4.59. The number of carbonyl (C=O) groups is 2. The van der Waals surface area contributed by atoms with Gasteiger partial charge in [-0.05, 0) is 66.1 Å². The van der Waals surface area contributed by atoms with Crippen molar-refractivity contribution in [2.45, 2.75) is 19.4 Å². The Morgan fingerprint density at radius 3 is 2.29 bits per heavy atom. The van der Waals surface area contributed by atoms with Gasteiger partial charge in [0.15, 0.2) is 5.76 Å². The monoisotopic (exact) mass is 469 g/mol. The highest BCUT2D eigenvalue weighted by atomic mass is 19.1. The first-order valence-electron chi connectivity index (χ1n) is 10.9. The lowest BCUT2D eigenvalue weighted by Crippen LogP contribution is -2.15. The molecule has 0 spiro atoms. The van der Waals surface area contributed by atoms with Gasteiger partial charge in [0.2, 0.25) is 5.91 Å². The molecule has 1 aliphatic heterocycles. The van der Waals surface area contributed by atoms with Gasteiger partial charge >= 0.3 is 5.97 Å². The van der Waals surface area contributed by atoms with Crippen molar-refractivity contribution in [3.05, 3.63) is 101 Å². The van der Waals surface area contributed by atoms with E-state index < -0.39 is 17.9 Å². The van der Waals surface area contributed by atoms with Crippen molar-refractivity contribution >= 4 is 17.6 Å². The highest BCUT2D eigenvalue weighted by Gasteiger charge is 2.31. The summed E-state index contributed by atoms with van der Waals surface area (Å²) in [4.78, 5) is 28.0. The van der Waals surface area contributed by atoms with Crippen molar-refractivity contribution in [1.82, 2.24) is 5.16 Å². The van der Waals surface area contributed by atoms with E-state index in [-0.39, 0.29) is 17.8 Å². The minimum Gasteiger partial charge on any atom is -0.478 e. The van der Waals surface area contributed by atoms with Crippen LogP contribution in [0.5, 0.6) is 0 Å². The van der Waals surface area contributed by atoms with Crippen molar-refractivity contribution in [2.75, 3.05) is 0 Å². The van der Waals surface area contributed by atoms with Crippen LogP contribution in [0, 0.1) is 12.7 Å². The van der Waals surface area contributed by atoms with E-state index in [1.165, 1.54) is 12.1 Å². The molecule has 8 heteroatoms. The highest BCUT2D eigenvalue weighted by molar-refractivity contribution is 6.17. The van der Waals surface area contributed by atoms with Crippen LogP contribution in [-0.2, 0) is 4.79 Å². The van der Waals surface area contributed by atoms with Crippen LogP contribution in [0.4, 0.5) is 4.39 Å². The Balaban J connectivity index is 1.75. The minimum absolute atomic E-state index is 0.0795. The minimum atomic E-state index is -1.000. The summed E-state index contributed by atoms with van der Waals surface area (Å²) in [5, 5.41) is 13.3. The molecule has 35 heavy (non-hydrogen) atoms. The van der Waals surface area contributed by atoms with Crippen LogP contribution in [0.2, 0.25) is 0 Å². The number of primary amides is 1. The molecule has 7 nitrogen and oxygen atoms in total. The van der Waals surface area contributed by atoms with Gasteiger partial charge in [0.1, 0.15) is 11.9 Å². The maximum atomic E-state index is 13.7. The number of nitrogens with two attached hydrogens (primary N) is 1. The quantitative estimate of drug-likeness (QED) is 0.430. The van der Waals surface area contributed by atoms with Crippen LogP contribution >= 0.6 is 0 Å². The fourth-order valence-electron chi connectivity index (χ4n) is 4.34. The van der Waals surface area contributed by atoms with Crippen molar-refractivity contribution < 1.29 is 23.6 Å². The second kappa shape index (κ2) is 8.64. The van der Waals surface area contributed by atoms with E-state index in [1.807, 2.05) is 25.1 Å². The molecule has 1 amide bonds. The predicted octanol–water partition coefficient (Wildman–Crippen LogP) is 4.92. The third-order valence-corrected chi connectivity index (χ3v) is 6.00. The van der Waals surface area contributed by atoms with Gasteiger partial charge < -0.3 is 15.4 Å². The van der Waals surface area contributed by atoms with Gasteiger partial charge in [-0.1, -0.05) is 29.4 Å². The standard InChI is InChI=1S/C27H20FN3O4/c1-14-24-20-11-8-18(15-2-4-17(5-3-15)27(33)34)12-21(20)25(16-6-9-19(28)10-7-16)30-22(13-23(29)32)26(24)35-31-14/h2-12,22H,13H2,1H3,(H2,29,32)(H,33,34)/t22-/m0/s1.